The van der Waals surface area contributed by atoms with Crippen LogP contribution in [0.2, 0.25) is 0 Å². The van der Waals surface area contributed by atoms with E-state index in [2.05, 4.69) is 33.0 Å². The Bertz CT molecular complexity index is 480. The fourth-order valence-electron chi connectivity index (χ4n) is 2.98. The van der Waals surface area contributed by atoms with E-state index in [1.807, 2.05) is 24.3 Å². The third-order valence-electron chi connectivity index (χ3n) is 3.87. The molecule has 1 saturated heterocycles. The highest BCUT2D eigenvalue weighted by molar-refractivity contribution is 9.10. The molecule has 2 atom stereocenters. The number of benzene rings is 1. The van der Waals surface area contributed by atoms with E-state index < -0.39 is 0 Å². The molecule has 2 aliphatic rings. The molecule has 0 unspecified atom stereocenters. The lowest BCUT2D eigenvalue weighted by atomic mass is 10.1. The molecule has 0 aliphatic carbocycles. The molecule has 2 nitrogen and oxygen atoms in total. The summed E-state index contributed by atoms with van der Waals surface area (Å²) in [6.07, 6.45) is 8.27. The van der Waals surface area contributed by atoms with Gasteiger partial charge >= 0.3 is 0 Å². The zero-order valence-electron chi connectivity index (χ0n) is 10.2. The molecule has 18 heavy (non-hydrogen) atoms. The van der Waals surface area contributed by atoms with Crippen molar-refractivity contribution in [3.8, 4) is 0 Å². The van der Waals surface area contributed by atoms with Crippen molar-refractivity contribution in [3.63, 3.8) is 0 Å². The SMILES string of the molecule is O=C(Cc1ccc(Br)cc1)N1[C@H]2CC=C[C@H]1CC2. The molecule has 1 aromatic carbocycles. The monoisotopic (exact) mass is 305 g/mol. The largest absolute Gasteiger partial charge is 0.333 e. The van der Waals surface area contributed by atoms with Crippen molar-refractivity contribution in [1.82, 2.24) is 4.90 Å². The second kappa shape index (κ2) is 4.88. The number of nitrogens with zero attached hydrogens (tertiary/aromatic N) is 1. The lowest BCUT2D eigenvalue weighted by molar-refractivity contribution is -0.132. The van der Waals surface area contributed by atoms with Gasteiger partial charge in [-0.1, -0.05) is 40.2 Å². The van der Waals surface area contributed by atoms with Crippen LogP contribution in [0.4, 0.5) is 0 Å². The quantitative estimate of drug-likeness (QED) is 0.768. The maximum atomic E-state index is 12.4. The number of hydrogen-bond acceptors (Lipinski definition) is 1. The van der Waals surface area contributed by atoms with E-state index in [0.29, 0.717) is 18.5 Å². The number of carbonyl (C=O) groups excluding carboxylic acids is 1. The van der Waals surface area contributed by atoms with Crippen molar-refractivity contribution >= 4 is 21.8 Å². The maximum absolute atomic E-state index is 12.4. The van der Waals surface area contributed by atoms with Crippen LogP contribution in [0.3, 0.4) is 0 Å². The molecule has 1 fully saturated rings. The van der Waals surface area contributed by atoms with E-state index in [-0.39, 0.29) is 5.91 Å². The molecule has 2 heterocycles. The summed E-state index contributed by atoms with van der Waals surface area (Å²) in [4.78, 5) is 14.5. The third-order valence-corrected chi connectivity index (χ3v) is 4.40. The van der Waals surface area contributed by atoms with Crippen LogP contribution in [0.15, 0.2) is 40.9 Å². The predicted octanol–water partition coefficient (Wildman–Crippen LogP) is 3.31. The van der Waals surface area contributed by atoms with Crippen LogP contribution >= 0.6 is 15.9 Å². The Hall–Kier alpha value is -1.09. The van der Waals surface area contributed by atoms with Crippen molar-refractivity contribution in [3.05, 3.63) is 46.5 Å². The van der Waals surface area contributed by atoms with Crippen molar-refractivity contribution in [2.75, 3.05) is 0 Å². The fraction of sp³-hybridized carbons (Fsp3) is 0.400. The second-order valence-corrected chi connectivity index (χ2v) is 5.98. The Morgan fingerprint density at radius 2 is 2.06 bits per heavy atom. The molecular formula is C15H16BrNO. The second-order valence-electron chi connectivity index (χ2n) is 5.07. The van der Waals surface area contributed by atoms with Crippen LogP contribution in [0.25, 0.3) is 0 Å². The highest BCUT2D eigenvalue weighted by atomic mass is 79.9. The molecule has 0 radical (unpaired) electrons. The minimum atomic E-state index is 0.272. The van der Waals surface area contributed by atoms with E-state index >= 15 is 0 Å². The van der Waals surface area contributed by atoms with Gasteiger partial charge in [0, 0.05) is 10.5 Å². The average Bonchev–Trinajstić information content (AvgIpc) is 2.62. The van der Waals surface area contributed by atoms with Crippen molar-refractivity contribution in [2.24, 2.45) is 0 Å². The lowest BCUT2D eigenvalue weighted by Gasteiger charge is -2.31. The smallest absolute Gasteiger partial charge is 0.227 e. The summed E-state index contributed by atoms with van der Waals surface area (Å²) in [5, 5.41) is 0. The number of fused-ring (bicyclic) bond motifs is 2. The van der Waals surface area contributed by atoms with Gasteiger partial charge in [-0.2, -0.15) is 0 Å². The van der Waals surface area contributed by atoms with Crippen LogP contribution in [0.1, 0.15) is 24.8 Å². The van der Waals surface area contributed by atoms with Gasteiger partial charge in [-0.3, -0.25) is 4.79 Å². The van der Waals surface area contributed by atoms with Crippen LogP contribution in [-0.2, 0) is 11.2 Å². The zero-order valence-corrected chi connectivity index (χ0v) is 11.8. The van der Waals surface area contributed by atoms with Gasteiger partial charge in [0.15, 0.2) is 0 Å². The highest BCUT2D eigenvalue weighted by Crippen LogP contribution is 2.32. The summed E-state index contributed by atoms with van der Waals surface area (Å²) in [5.41, 5.74) is 1.09. The summed E-state index contributed by atoms with van der Waals surface area (Å²) >= 11 is 3.41. The molecule has 94 valence electrons. The molecule has 2 bridgehead atoms. The van der Waals surface area contributed by atoms with Crippen molar-refractivity contribution < 1.29 is 4.79 Å². The molecule has 1 aromatic rings. The minimum absolute atomic E-state index is 0.272. The van der Waals surface area contributed by atoms with Crippen LogP contribution in [0.5, 0.6) is 0 Å². The molecule has 3 rings (SSSR count). The van der Waals surface area contributed by atoms with Crippen LogP contribution < -0.4 is 0 Å². The Labute approximate surface area is 116 Å². The maximum Gasteiger partial charge on any atom is 0.227 e. The number of carbonyl (C=O) groups is 1. The molecule has 1 amide bonds. The molecule has 2 aliphatic heterocycles. The molecule has 0 spiro atoms. The summed E-state index contributed by atoms with van der Waals surface area (Å²) in [6, 6.07) is 8.82. The van der Waals surface area contributed by atoms with Gasteiger partial charge in [0.1, 0.15) is 0 Å². The topological polar surface area (TPSA) is 20.3 Å². The molecule has 0 N–H and O–H groups in total. The van der Waals surface area contributed by atoms with E-state index in [1.165, 1.54) is 0 Å². The Morgan fingerprint density at radius 3 is 2.78 bits per heavy atom. The normalized spacial score (nSPS) is 25.5. The summed E-state index contributed by atoms with van der Waals surface area (Å²) < 4.78 is 1.06. The predicted molar refractivity (Wildman–Crippen MR) is 75.3 cm³/mol. The van der Waals surface area contributed by atoms with Crippen molar-refractivity contribution in [1.29, 1.82) is 0 Å². The standard InChI is InChI=1S/C15H16BrNO/c16-12-6-4-11(5-7-12)10-15(18)17-13-2-1-3-14(17)9-8-13/h1-2,4-7,13-14H,3,8-10H2/t13-,14-/m0/s1. The number of rotatable bonds is 2. The number of hydrogen-bond donors (Lipinski definition) is 0. The minimum Gasteiger partial charge on any atom is -0.333 e. The first-order chi connectivity index (χ1) is 8.74. The van der Waals surface area contributed by atoms with Crippen molar-refractivity contribution in [2.45, 2.75) is 37.8 Å². The lowest BCUT2D eigenvalue weighted by Crippen LogP contribution is -2.42. The number of amides is 1. The van der Waals surface area contributed by atoms with E-state index in [4.69, 9.17) is 0 Å². The van der Waals surface area contributed by atoms with Gasteiger partial charge in [0.05, 0.1) is 12.5 Å². The molecule has 0 aromatic heterocycles. The Kier molecular flexibility index (Phi) is 3.25. The summed E-state index contributed by atoms with van der Waals surface area (Å²) in [6.45, 7) is 0. The molecule has 3 heteroatoms. The fourth-order valence-corrected chi connectivity index (χ4v) is 3.25. The van der Waals surface area contributed by atoms with Gasteiger partial charge in [-0.15, -0.1) is 0 Å². The molecule has 0 saturated carbocycles. The average molecular weight is 306 g/mol. The summed E-state index contributed by atoms with van der Waals surface area (Å²) in [5.74, 6) is 0.272. The van der Waals surface area contributed by atoms with Gasteiger partial charge in [0.2, 0.25) is 5.91 Å². The van der Waals surface area contributed by atoms with Crippen LogP contribution in [0, 0.1) is 0 Å². The van der Waals surface area contributed by atoms with Gasteiger partial charge in [0.25, 0.3) is 0 Å². The van der Waals surface area contributed by atoms with Crippen LogP contribution in [-0.4, -0.2) is 22.9 Å². The van der Waals surface area contributed by atoms with E-state index in [0.717, 1.165) is 29.3 Å². The first kappa shape index (κ1) is 12.0. The zero-order chi connectivity index (χ0) is 12.5. The number of halogens is 1. The molecular weight excluding hydrogens is 290 g/mol. The van der Waals surface area contributed by atoms with Gasteiger partial charge in [-0.25, -0.2) is 0 Å². The summed E-state index contributed by atoms with van der Waals surface area (Å²) in [7, 11) is 0. The first-order valence-corrected chi connectivity index (χ1v) is 7.25. The Morgan fingerprint density at radius 1 is 1.28 bits per heavy atom. The third kappa shape index (κ3) is 2.24. The Balaban J connectivity index is 1.72. The van der Waals surface area contributed by atoms with Gasteiger partial charge in [-0.05, 0) is 37.0 Å². The van der Waals surface area contributed by atoms with E-state index in [1.54, 1.807) is 0 Å². The van der Waals surface area contributed by atoms with Gasteiger partial charge < -0.3 is 4.90 Å². The van der Waals surface area contributed by atoms with E-state index in [9.17, 15) is 4.79 Å². The first-order valence-electron chi connectivity index (χ1n) is 6.46. The highest BCUT2D eigenvalue weighted by Gasteiger charge is 2.36.